The summed E-state index contributed by atoms with van der Waals surface area (Å²) in [7, 11) is 0. The lowest BCUT2D eigenvalue weighted by atomic mass is 10.2. The number of anilines is 1. The first-order valence-corrected chi connectivity index (χ1v) is 6.98. The molecule has 0 atom stereocenters. The SMILES string of the molecule is Cc1c(Br)c2ccccc2n1CCn1ccc(N)n1. The summed E-state index contributed by atoms with van der Waals surface area (Å²) in [5.41, 5.74) is 8.11. The van der Waals surface area contributed by atoms with E-state index >= 15 is 0 Å². The largest absolute Gasteiger partial charge is 0.382 e. The number of aryl methyl sites for hydroxylation is 2. The van der Waals surface area contributed by atoms with Crippen LogP contribution >= 0.6 is 15.9 Å². The predicted octanol–water partition coefficient (Wildman–Crippen LogP) is 3.19. The molecule has 19 heavy (non-hydrogen) atoms. The molecule has 0 spiro atoms. The summed E-state index contributed by atoms with van der Waals surface area (Å²) in [5.74, 6) is 0.565. The Morgan fingerprint density at radius 3 is 2.74 bits per heavy atom. The van der Waals surface area contributed by atoms with Crippen LogP contribution in [-0.2, 0) is 13.1 Å². The molecule has 2 heterocycles. The summed E-state index contributed by atoms with van der Waals surface area (Å²) in [6.45, 7) is 3.81. The fourth-order valence-corrected chi connectivity index (χ4v) is 2.93. The summed E-state index contributed by atoms with van der Waals surface area (Å²) >= 11 is 3.67. The quantitative estimate of drug-likeness (QED) is 0.806. The summed E-state index contributed by atoms with van der Waals surface area (Å²) < 4.78 is 5.34. The van der Waals surface area contributed by atoms with Gasteiger partial charge in [-0.1, -0.05) is 18.2 Å². The van der Waals surface area contributed by atoms with Crippen LogP contribution in [-0.4, -0.2) is 14.3 Å². The molecule has 4 nitrogen and oxygen atoms in total. The van der Waals surface area contributed by atoms with Gasteiger partial charge in [-0.25, -0.2) is 0 Å². The van der Waals surface area contributed by atoms with Crippen LogP contribution in [0.25, 0.3) is 10.9 Å². The van der Waals surface area contributed by atoms with Crippen LogP contribution in [0.4, 0.5) is 5.82 Å². The lowest BCUT2D eigenvalue weighted by Gasteiger charge is -2.08. The third kappa shape index (κ3) is 2.14. The zero-order valence-corrected chi connectivity index (χ0v) is 12.3. The van der Waals surface area contributed by atoms with Gasteiger partial charge in [-0.2, -0.15) is 5.10 Å². The van der Waals surface area contributed by atoms with Crippen LogP contribution in [0.15, 0.2) is 41.0 Å². The average molecular weight is 319 g/mol. The Kier molecular flexibility index (Phi) is 3.06. The van der Waals surface area contributed by atoms with Gasteiger partial charge >= 0.3 is 0 Å². The second-order valence-electron chi connectivity index (χ2n) is 4.57. The van der Waals surface area contributed by atoms with Crippen LogP contribution in [0, 0.1) is 6.92 Å². The second kappa shape index (κ2) is 4.74. The van der Waals surface area contributed by atoms with Gasteiger partial charge in [-0.05, 0) is 35.0 Å². The van der Waals surface area contributed by atoms with Gasteiger partial charge in [-0.3, -0.25) is 4.68 Å². The standard InChI is InChI=1S/C14H15BrN4/c1-10-14(15)11-4-2-3-5-12(11)19(10)9-8-18-7-6-13(16)17-18/h2-7H,8-9H2,1H3,(H2,16,17). The Morgan fingerprint density at radius 2 is 2.00 bits per heavy atom. The summed E-state index contributed by atoms with van der Waals surface area (Å²) in [5, 5.41) is 5.46. The van der Waals surface area contributed by atoms with Gasteiger partial charge in [0.2, 0.25) is 0 Å². The molecular formula is C14H15BrN4. The first-order chi connectivity index (χ1) is 9.16. The van der Waals surface area contributed by atoms with Crippen molar-refractivity contribution in [1.82, 2.24) is 14.3 Å². The van der Waals surface area contributed by atoms with E-state index in [4.69, 9.17) is 5.73 Å². The molecule has 2 aromatic heterocycles. The smallest absolute Gasteiger partial charge is 0.145 e. The highest BCUT2D eigenvalue weighted by molar-refractivity contribution is 9.10. The molecule has 0 fully saturated rings. The molecule has 0 bridgehead atoms. The van der Waals surface area contributed by atoms with E-state index in [1.54, 1.807) is 0 Å². The zero-order valence-electron chi connectivity index (χ0n) is 10.7. The van der Waals surface area contributed by atoms with Crippen molar-refractivity contribution < 1.29 is 0 Å². The number of fused-ring (bicyclic) bond motifs is 1. The molecule has 98 valence electrons. The number of para-hydroxylation sites is 1. The predicted molar refractivity (Wildman–Crippen MR) is 81.0 cm³/mol. The van der Waals surface area contributed by atoms with Crippen molar-refractivity contribution in [3.05, 3.63) is 46.7 Å². The first-order valence-electron chi connectivity index (χ1n) is 6.19. The average Bonchev–Trinajstić information content (AvgIpc) is 2.93. The van der Waals surface area contributed by atoms with E-state index < -0.39 is 0 Å². The maximum Gasteiger partial charge on any atom is 0.145 e. The van der Waals surface area contributed by atoms with Crippen molar-refractivity contribution in [2.24, 2.45) is 0 Å². The molecule has 5 heteroatoms. The number of hydrogen-bond donors (Lipinski definition) is 1. The minimum Gasteiger partial charge on any atom is -0.382 e. The Morgan fingerprint density at radius 1 is 1.21 bits per heavy atom. The molecule has 0 unspecified atom stereocenters. The van der Waals surface area contributed by atoms with E-state index in [0.29, 0.717) is 5.82 Å². The van der Waals surface area contributed by atoms with Gasteiger partial charge < -0.3 is 10.3 Å². The number of rotatable bonds is 3. The second-order valence-corrected chi connectivity index (χ2v) is 5.36. The van der Waals surface area contributed by atoms with Gasteiger partial charge in [0.1, 0.15) is 5.82 Å². The fourth-order valence-electron chi connectivity index (χ4n) is 2.38. The molecule has 2 N–H and O–H groups in total. The van der Waals surface area contributed by atoms with Crippen molar-refractivity contribution in [3.8, 4) is 0 Å². The van der Waals surface area contributed by atoms with E-state index in [1.165, 1.54) is 21.1 Å². The van der Waals surface area contributed by atoms with Gasteiger partial charge in [0, 0.05) is 33.8 Å². The minimum absolute atomic E-state index is 0.565. The zero-order chi connectivity index (χ0) is 13.4. The molecule has 0 radical (unpaired) electrons. The summed E-state index contributed by atoms with van der Waals surface area (Å²) in [6.07, 6.45) is 1.91. The Balaban J connectivity index is 1.94. The monoisotopic (exact) mass is 318 g/mol. The number of nitrogen functional groups attached to an aromatic ring is 1. The highest BCUT2D eigenvalue weighted by atomic mass is 79.9. The first kappa shape index (κ1) is 12.3. The number of hydrogen-bond acceptors (Lipinski definition) is 2. The molecule has 0 aliphatic heterocycles. The maximum atomic E-state index is 5.63. The van der Waals surface area contributed by atoms with Crippen molar-refractivity contribution in [2.45, 2.75) is 20.0 Å². The Labute approximate surface area is 119 Å². The Bertz CT molecular complexity index is 726. The van der Waals surface area contributed by atoms with Crippen LogP contribution in [0.1, 0.15) is 5.69 Å². The molecule has 0 amide bonds. The van der Waals surface area contributed by atoms with Crippen LogP contribution in [0.5, 0.6) is 0 Å². The number of benzene rings is 1. The topological polar surface area (TPSA) is 48.8 Å². The van der Waals surface area contributed by atoms with E-state index in [-0.39, 0.29) is 0 Å². The normalized spacial score (nSPS) is 11.3. The Hall–Kier alpha value is -1.75. The van der Waals surface area contributed by atoms with Gasteiger partial charge in [0.15, 0.2) is 0 Å². The van der Waals surface area contributed by atoms with E-state index in [9.17, 15) is 0 Å². The highest BCUT2D eigenvalue weighted by Gasteiger charge is 2.11. The lowest BCUT2D eigenvalue weighted by Crippen LogP contribution is -2.09. The fraction of sp³-hybridized carbons (Fsp3) is 0.214. The number of halogens is 1. The van der Waals surface area contributed by atoms with Crippen molar-refractivity contribution in [3.63, 3.8) is 0 Å². The summed E-state index contributed by atoms with van der Waals surface area (Å²) in [4.78, 5) is 0. The van der Waals surface area contributed by atoms with Crippen LogP contribution < -0.4 is 5.73 Å². The molecule has 3 rings (SSSR count). The molecule has 1 aromatic carbocycles. The van der Waals surface area contributed by atoms with Crippen LogP contribution in [0.2, 0.25) is 0 Å². The van der Waals surface area contributed by atoms with Crippen molar-refractivity contribution >= 4 is 32.7 Å². The van der Waals surface area contributed by atoms with Crippen LogP contribution in [0.3, 0.4) is 0 Å². The lowest BCUT2D eigenvalue weighted by molar-refractivity contribution is 0.538. The number of aromatic nitrogens is 3. The van der Waals surface area contributed by atoms with E-state index in [1.807, 2.05) is 16.9 Å². The molecule has 0 saturated carbocycles. The van der Waals surface area contributed by atoms with Gasteiger partial charge in [-0.15, -0.1) is 0 Å². The van der Waals surface area contributed by atoms with E-state index in [0.717, 1.165) is 13.1 Å². The number of nitrogens with zero attached hydrogens (tertiary/aromatic N) is 3. The summed E-state index contributed by atoms with van der Waals surface area (Å²) in [6, 6.07) is 10.2. The molecule has 0 aliphatic rings. The van der Waals surface area contributed by atoms with Gasteiger partial charge in [0.05, 0.1) is 6.54 Å². The molecular weight excluding hydrogens is 304 g/mol. The molecule has 0 saturated heterocycles. The maximum absolute atomic E-state index is 5.63. The third-order valence-electron chi connectivity index (χ3n) is 3.37. The van der Waals surface area contributed by atoms with E-state index in [2.05, 4.69) is 56.8 Å². The van der Waals surface area contributed by atoms with Crippen molar-refractivity contribution in [1.29, 1.82) is 0 Å². The van der Waals surface area contributed by atoms with Gasteiger partial charge in [0.25, 0.3) is 0 Å². The molecule has 0 aliphatic carbocycles. The van der Waals surface area contributed by atoms with Crippen molar-refractivity contribution in [2.75, 3.05) is 5.73 Å². The molecule has 3 aromatic rings. The number of nitrogens with two attached hydrogens (primary N) is 1. The highest BCUT2D eigenvalue weighted by Crippen LogP contribution is 2.30. The minimum atomic E-state index is 0.565. The third-order valence-corrected chi connectivity index (χ3v) is 4.37.